The number of halogens is 7. The maximum absolute atomic E-state index is 16.0. The third kappa shape index (κ3) is 14.0. The Morgan fingerprint density at radius 1 is 0.859 bits per heavy atom. The van der Waals surface area contributed by atoms with Gasteiger partial charge in [-0.1, -0.05) is 44.7 Å². The third-order valence-corrected chi connectivity index (χ3v) is 14.1. The molecule has 422 valence electrons. The van der Waals surface area contributed by atoms with Gasteiger partial charge >= 0.3 is 24.9 Å². The van der Waals surface area contributed by atoms with Gasteiger partial charge in [0, 0.05) is 85.4 Å². The molecule has 18 nitrogen and oxygen atoms in total. The van der Waals surface area contributed by atoms with Crippen LogP contribution in [0.5, 0.6) is 0 Å². The molecule has 6 atom stereocenters. The van der Waals surface area contributed by atoms with Gasteiger partial charge in [0.05, 0.1) is 50.1 Å². The van der Waals surface area contributed by atoms with E-state index in [1.807, 2.05) is 17.4 Å². The summed E-state index contributed by atoms with van der Waals surface area (Å²) in [4.78, 5) is 62.6. The first kappa shape index (κ1) is 58.7. The number of alkyl carbamates (subject to hydrolysis) is 2. The van der Waals surface area contributed by atoms with Gasteiger partial charge in [-0.25, -0.2) is 33.0 Å². The minimum atomic E-state index is -5.09. The molecule has 78 heavy (non-hydrogen) atoms. The molecule has 5 heterocycles. The van der Waals surface area contributed by atoms with Crippen molar-refractivity contribution in [1.82, 2.24) is 46.0 Å². The van der Waals surface area contributed by atoms with Gasteiger partial charge in [0.1, 0.15) is 23.5 Å². The Kier molecular flexibility index (Phi) is 18.3. The average molecular weight is 1100 g/mol. The molecule has 3 fully saturated rings. The quantitative estimate of drug-likeness (QED) is 0.0437. The Balaban J connectivity index is 1.16. The molecule has 0 spiro atoms. The van der Waals surface area contributed by atoms with Crippen LogP contribution in [-0.2, 0) is 36.8 Å². The second kappa shape index (κ2) is 24.3. The van der Waals surface area contributed by atoms with E-state index >= 15 is 8.78 Å². The second-order valence-corrected chi connectivity index (χ2v) is 21.1. The lowest BCUT2D eigenvalue weighted by Gasteiger charge is -2.47. The van der Waals surface area contributed by atoms with E-state index in [1.165, 1.54) is 7.05 Å². The molecular formula is C53H63F7N10O8. The number of nitrogens with zero attached hydrogens (tertiary/aromatic N) is 6. The number of anilines is 1. The lowest BCUT2D eigenvalue weighted by Crippen LogP contribution is -2.62. The summed E-state index contributed by atoms with van der Waals surface area (Å²) in [6.07, 6.45) is -5.54. The number of fused-ring (bicyclic) bond motifs is 2. The molecule has 7 rings (SSSR count). The van der Waals surface area contributed by atoms with Crippen molar-refractivity contribution in [2.75, 3.05) is 51.9 Å². The van der Waals surface area contributed by atoms with E-state index < -0.39 is 102 Å². The lowest BCUT2D eigenvalue weighted by molar-refractivity contribution is -0.220. The SMILES string of the molecule is CNC(=O)O[C@H](C(=O)NN(Cc1c(F)cc(-c2cnn(C(F)F)c2)cc1F)C[C@H](O)[C@H](Cc1ccc(C#Cc2ccc(N3C[C@@H]4CC[C@@H](C3)N4C3COC3)nc2)cc1)NC(=O)[C@@H](NC(=O)OC)C(C)(C)C(F)(F)F)C(C)(C)C. The number of hydrogen-bond acceptors (Lipinski definition) is 13. The van der Waals surface area contributed by atoms with Crippen molar-refractivity contribution in [1.29, 1.82) is 0 Å². The number of pyridine rings is 1. The van der Waals surface area contributed by atoms with Gasteiger partial charge in [-0.2, -0.15) is 27.1 Å². The van der Waals surface area contributed by atoms with Gasteiger partial charge in [-0.15, -0.1) is 0 Å². The number of piperazine rings is 1. The van der Waals surface area contributed by atoms with Crippen LogP contribution in [0.2, 0.25) is 0 Å². The summed E-state index contributed by atoms with van der Waals surface area (Å²) in [5.41, 5.74) is -1.03. The highest BCUT2D eigenvalue weighted by molar-refractivity contribution is 5.87. The molecule has 3 saturated heterocycles. The van der Waals surface area contributed by atoms with Crippen LogP contribution in [0.3, 0.4) is 0 Å². The summed E-state index contributed by atoms with van der Waals surface area (Å²) >= 11 is 0. The van der Waals surface area contributed by atoms with Crippen LogP contribution in [-0.4, -0.2) is 149 Å². The van der Waals surface area contributed by atoms with Crippen LogP contribution in [0.15, 0.2) is 67.1 Å². The van der Waals surface area contributed by atoms with Gasteiger partial charge in [0.15, 0.2) is 6.10 Å². The van der Waals surface area contributed by atoms with Gasteiger partial charge in [0.2, 0.25) is 5.91 Å². The number of aromatic nitrogens is 3. The van der Waals surface area contributed by atoms with Crippen LogP contribution in [0, 0.1) is 34.3 Å². The van der Waals surface area contributed by atoms with Gasteiger partial charge in [-0.3, -0.25) is 19.9 Å². The van der Waals surface area contributed by atoms with E-state index in [2.05, 4.69) is 47.5 Å². The normalized spacial score (nSPS) is 18.5. The number of methoxy groups -OCH3 is 1. The van der Waals surface area contributed by atoms with E-state index in [0.29, 0.717) is 48.7 Å². The Labute approximate surface area is 446 Å². The molecule has 2 aromatic heterocycles. The van der Waals surface area contributed by atoms with E-state index in [4.69, 9.17) is 14.5 Å². The van der Waals surface area contributed by atoms with Gasteiger partial charge in [0.25, 0.3) is 5.91 Å². The Morgan fingerprint density at radius 3 is 2.01 bits per heavy atom. The molecular weight excluding hydrogens is 1040 g/mol. The van der Waals surface area contributed by atoms with Crippen LogP contribution in [0.25, 0.3) is 11.1 Å². The standard InChI is InChI=1S/C53H63F7N10O8/c1-51(2,3)45(78-49(74)61-6)47(73)66-68(26-38-39(54)19-33(20-40(38)55)34-22-63-69(23-34)48(56)57)27-42(71)41(64-46(72)44(65-50(75)76-7)52(4,5)53(58,59)60)18-31-11-8-30(9-12-31)10-13-32-14-17-43(62-21-32)67-24-35-15-16-36(25-67)70(35)37-28-77-29-37/h8-9,11-12,14,17,19-23,35-37,41-42,44-45,48,71H,15-16,18,24-29H2,1-7H3,(H,61,74)(H,64,72)(H,65,75)(H,66,73)/t35-,36-,41-,42-,44+,45+/m0/s1. The largest absolute Gasteiger partial charge is 0.453 e. The van der Waals surface area contributed by atoms with Crippen LogP contribution < -0.4 is 26.3 Å². The number of carbonyl (C=O) groups excluding carboxylic acids is 4. The van der Waals surface area contributed by atoms with Crippen molar-refractivity contribution in [3.8, 4) is 23.0 Å². The zero-order valence-electron chi connectivity index (χ0n) is 44.0. The predicted molar refractivity (Wildman–Crippen MR) is 269 cm³/mol. The van der Waals surface area contributed by atoms with Gasteiger partial charge < -0.3 is 40.2 Å². The average Bonchev–Trinajstić information content (AvgIpc) is 3.96. The molecule has 0 unspecified atom stereocenters. The van der Waals surface area contributed by atoms with Gasteiger partial charge in [-0.05, 0) is 80.6 Å². The Hall–Kier alpha value is -7.01. The number of benzene rings is 2. The maximum Gasteiger partial charge on any atom is 0.407 e. The topological polar surface area (TPSA) is 205 Å². The summed E-state index contributed by atoms with van der Waals surface area (Å²) in [7, 11) is 2.12. The number of aliphatic hydroxyl groups is 1. The number of carbonyl (C=O) groups is 4. The number of amides is 4. The fourth-order valence-electron chi connectivity index (χ4n) is 9.56. The first-order chi connectivity index (χ1) is 36.8. The van der Waals surface area contributed by atoms with Crippen molar-refractivity contribution in [2.24, 2.45) is 10.8 Å². The minimum absolute atomic E-state index is 0.0686. The lowest BCUT2D eigenvalue weighted by atomic mass is 9.82. The summed E-state index contributed by atoms with van der Waals surface area (Å²) in [5.74, 6) is 2.08. The van der Waals surface area contributed by atoms with E-state index in [9.17, 15) is 46.2 Å². The second-order valence-electron chi connectivity index (χ2n) is 21.1. The monoisotopic (exact) mass is 1100 g/mol. The molecule has 3 aliphatic rings. The molecule has 25 heteroatoms. The summed E-state index contributed by atoms with van der Waals surface area (Å²) in [5, 5.41) is 23.0. The number of alkyl halides is 5. The molecule has 2 aromatic carbocycles. The van der Waals surface area contributed by atoms with Crippen molar-refractivity contribution in [3.63, 3.8) is 0 Å². The number of ether oxygens (including phenoxy) is 3. The zero-order chi connectivity index (χ0) is 56.9. The van der Waals surface area contributed by atoms with Crippen molar-refractivity contribution >= 4 is 29.8 Å². The molecule has 2 bridgehead atoms. The number of rotatable bonds is 18. The number of hydrogen-bond donors (Lipinski definition) is 5. The first-order valence-electron chi connectivity index (χ1n) is 25.1. The summed E-state index contributed by atoms with van der Waals surface area (Å²) < 4.78 is 118. The van der Waals surface area contributed by atoms with E-state index in [1.54, 1.807) is 51.2 Å². The first-order valence-corrected chi connectivity index (χ1v) is 25.1. The highest BCUT2D eigenvalue weighted by Gasteiger charge is 2.56. The van der Waals surface area contributed by atoms with Crippen LogP contribution in [0.4, 0.5) is 46.1 Å². The summed E-state index contributed by atoms with van der Waals surface area (Å²) in [6, 6.07) is 9.34. The van der Waals surface area contributed by atoms with Crippen LogP contribution >= 0.6 is 0 Å². The predicted octanol–water partition coefficient (Wildman–Crippen LogP) is 6.08. The minimum Gasteiger partial charge on any atom is -0.453 e. The van der Waals surface area contributed by atoms with E-state index in [0.717, 1.165) is 81.6 Å². The fourth-order valence-corrected chi connectivity index (χ4v) is 9.56. The molecule has 3 aliphatic heterocycles. The van der Waals surface area contributed by atoms with Crippen molar-refractivity contribution < 1.29 is 69.2 Å². The maximum atomic E-state index is 16.0. The number of aliphatic hydroxyl groups excluding tert-OH is 1. The Morgan fingerprint density at radius 2 is 1.49 bits per heavy atom. The molecule has 0 aliphatic carbocycles. The molecule has 0 radical (unpaired) electrons. The van der Waals surface area contributed by atoms with Crippen LogP contribution in [0.1, 0.15) is 76.3 Å². The van der Waals surface area contributed by atoms with Crippen molar-refractivity contribution in [3.05, 3.63) is 101 Å². The zero-order valence-corrected chi connectivity index (χ0v) is 44.0. The molecule has 5 N–H and O–H groups in total. The summed E-state index contributed by atoms with van der Waals surface area (Å²) in [6.45, 7) is 4.51. The molecule has 4 aromatic rings. The number of hydrazine groups is 1. The van der Waals surface area contributed by atoms with Crippen molar-refractivity contribution in [2.45, 2.75) is 116 Å². The smallest absolute Gasteiger partial charge is 0.407 e. The Bertz CT molecular complexity index is 2800. The highest BCUT2D eigenvalue weighted by atomic mass is 19.4. The fraction of sp³-hybridized carbons (Fsp3) is 0.509. The highest BCUT2D eigenvalue weighted by Crippen LogP contribution is 2.41. The molecule has 0 saturated carbocycles. The van der Waals surface area contributed by atoms with E-state index in [-0.39, 0.29) is 22.2 Å². The third-order valence-electron chi connectivity index (χ3n) is 14.1. The number of nitrogens with one attached hydrogen (secondary N) is 4. The molecule has 4 amide bonds.